The van der Waals surface area contributed by atoms with E-state index in [4.69, 9.17) is 0 Å². The third kappa shape index (κ3) is 1.44. The Bertz CT molecular complexity index is 427. The van der Waals surface area contributed by atoms with Gasteiger partial charge in [-0.15, -0.1) is 0 Å². The van der Waals surface area contributed by atoms with Crippen molar-refractivity contribution in [3.8, 4) is 0 Å². The second kappa shape index (κ2) is 3.21. The normalized spacial score (nSPS) is 10.6. The van der Waals surface area contributed by atoms with Crippen molar-refractivity contribution in [1.82, 2.24) is 0 Å². The molecule has 0 saturated carbocycles. The molecule has 2 aromatic rings. The summed E-state index contributed by atoms with van der Waals surface area (Å²) >= 11 is 0. The van der Waals surface area contributed by atoms with Crippen LogP contribution in [0.4, 0.5) is 0 Å². The molecule has 0 atom stereocenters. The SMILES string of the molecule is CCc1cccc2cc(C)ccc12. The molecule has 2 rings (SSSR count). The first-order chi connectivity index (χ1) is 6.31. The molecule has 0 N–H and O–H groups in total. The molecule has 66 valence electrons. The molecule has 0 saturated heterocycles. The highest BCUT2D eigenvalue weighted by atomic mass is 14.0. The van der Waals surface area contributed by atoms with Crippen molar-refractivity contribution >= 4 is 10.8 Å². The van der Waals surface area contributed by atoms with E-state index in [9.17, 15) is 0 Å². The molecule has 0 amide bonds. The first-order valence-corrected chi connectivity index (χ1v) is 4.79. The first kappa shape index (κ1) is 8.31. The van der Waals surface area contributed by atoms with Crippen LogP contribution in [0.1, 0.15) is 18.1 Å². The maximum Gasteiger partial charge on any atom is -0.0152 e. The maximum atomic E-state index is 2.24. The fourth-order valence-electron chi connectivity index (χ4n) is 1.78. The van der Waals surface area contributed by atoms with Gasteiger partial charge in [0.2, 0.25) is 0 Å². The molecule has 0 spiro atoms. The molecule has 0 aliphatic rings. The Morgan fingerprint density at radius 1 is 1.08 bits per heavy atom. The van der Waals surface area contributed by atoms with Gasteiger partial charge in [0, 0.05) is 0 Å². The molecule has 0 heterocycles. The lowest BCUT2D eigenvalue weighted by atomic mass is 10.0. The van der Waals surface area contributed by atoms with Crippen molar-refractivity contribution in [1.29, 1.82) is 0 Å². The second-order valence-electron chi connectivity index (χ2n) is 3.50. The fourth-order valence-corrected chi connectivity index (χ4v) is 1.78. The lowest BCUT2D eigenvalue weighted by Crippen LogP contribution is -1.83. The quantitative estimate of drug-likeness (QED) is 0.612. The molecule has 0 nitrogen and oxygen atoms in total. The van der Waals surface area contributed by atoms with Gasteiger partial charge < -0.3 is 0 Å². The van der Waals surface area contributed by atoms with E-state index in [1.165, 1.54) is 21.9 Å². The van der Waals surface area contributed by atoms with Crippen LogP contribution in [0.15, 0.2) is 36.4 Å². The summed E-state index contributed by atoms with van der Waals surface area (Å²) in [6.45, 7) is 4.34. The van der Waals surface area contributed by atoms with Crippen LogP contribution < -0.4 is 0 Å². The van der Waals surface area contributed by atoms with Gasteiger partial charge >= 0.3 is 0 Å². The average molecular weight is 170 g/mol. The third-order valence-corrected chi connectivity index (χ3v) is 2.51. The lowest BCUT2D eigenvalue weighted by molar-refractivity contribution is 1.16. The first-order valence-electron chi connectivity index (χ1n) is 4.79. The Morgan fingerprint density at radius 2 is 1.92 bits per heavy atom. The van der Waals surface area contributed by atoms with Gasteiger partial charge in [0.15, 0.2) is 0 Å². The Labute approximate surface area is 79.2 Å². The van der Waals surface area contributed by atoms with Gasteiger partial charge in [-0.05, 0) is 29.7 Å². The molecule has 0 heteroatoms. The van der Waals surface area contributed by atoms with Gasteiger partial charge in [0.1, 0.15) is 0 Å². The van der Waals surface area contributed by atoms with Crippen LogP contribution in [0.25, 0.3) is 10.8 Å². The zero-order valence-corrected chi connectivity index (χ0v) is 8.17. The topological polar surface area (TPSA) is 0 Å². The van der Waals surface area contributed by atoms with E-state index in [1.807, 2.05) is 0 Å². The van der Waals surface area contributed by atoms with Gasteiger partial charge in [-0.1, -0.05) is 48.9 Å². The Balaban J connectivity index is 2.77. The molecular weight excluding hydrogens is 156 g/mol. The largest absolute Gasteiger partial charge is 0.0614 e. The van der Waals surface area contributed by atoms with Crippen LogP contribution in [0.5, 0.6) is 0 Å². The van der Waals surface area contributed by atoms with Crippen molar-refractivity contribution < 1.29 is 0 Å². The third-order valence-electron chi connectivity index (χ3n) is 2.51. The van der Waals surface area contributed by atoms with Gasteiger partial charge in [-0.2, -0.15) is 0 Å². The minimum Gasteiger partial charge on any atom is -0.0614 e. The van der Waals surface area contributed by atoms with Crippen LogP contribution in [-0.4, -0.2) is 0 Å². The number of aryl methyl sites for hydroxylation is 2. The van der Waals surface area contributed by atoms with Crippen molar-refractivity contribution in [3.05, 3.63) is 47.5 Å². The number of hydrogen-bond donors (Lipinski definition) is 0. The minimum absolute atomic E-state index is 1.11. The van der Waals surface area contributed by atoms with E-state index in [0.29, 0.717) is 0 Å². The molecule has 0 fully saturated rings. The lowest BCUT2D eigenvalue weighted by Gasteiger charge is -2.04. The smallest absolute Gasteiger partial charge is 0.0152 e. The van der Waals surface area contributed by atoms with Crippen LogP contribution in [0, 0.1) is 6.92 Å². The second-order valence-corrected chi connectivity index (χ2v) is 3.50. The molecule has 0 aromatic heterocycles. The summed E-state index contributed by atoms with van der Waals surface area (Å²) in [6.07, 6.45) is 1.11. The number of fused-ring (bicyclic) bond motifs is 1. The fraction of sp³-hybridized carbons (Fsp3) is 0.231. The van der Waals surface area contributed by atoms with Gasteiger partial charge in [-0.25, -0.2) is 0 Å². The molecule has 0 bridgehead atoms. The van der Waals surface area contributed by atoms with Crippen LogP contribution in [-0.2, 0) is 6.42 Å². The average Bonchev–Trinajstić information content (AvgIpc) is 2.16. The Morgan fingerprint density at radius 3 is 2.69 bits per heavy atom. The van der Waals surface area contributed by atoms with Crippen LogP contribution >= 0.6 is 0 Å². The van der Waals surface area contributed by atoms with Gasteiger partial charge in [-0.3, -0.25) is 0 Å². The van der Waals surface area contributed by atoms with E-state index < -0.39 is 0 Å². The molecule has 0 aliphatic carbocycles. The zero-order valence-electron chi connectivity index (χ0n) is 8.17. The Kier molecular flexibility index (Phi) is 2.05. The summed E-state index contributed by atoms with van der Waals surface area (Å²) < 4.78 is 0. The highest BCUT2D eigenvalue weighted by Crippen LogP contribution is 2.20. The predicted molar refractivity (Wildman–Crippen MR) is 58.1 cm³/mol. The summed E-state index contributed by atoms with van der Waals surface area (Å²) in [7, 11) is 0. The molecule has 2 aromatic carbocycles. The molecular formula is C13H14. The standard InChI is InChI=1S/C13H14/c1-3-11-5-4-6-12-9-10(2)7-8-13(11)12/h4-9H,3H2,1-2H3. The summed E-state index contributed by atoms with van der Waals surface area (Å²) in [5.41, 5.74) is 2.78. The summed E-state index contributed by atoms with van der Waals surface area (Å²) in [5.74, 6) is 0. The molecule has 13 heavy (non-hydrogen) atoms. The summed E-state index contributed by atoms with van der Waals surface area (Å²) in [5, 5.41) is 2.76. The van der Waals surface area contributed by atoms with Crippen molar-refractivity contribution in [2.24, 2.45) is 0 Å². The number of benzene rings is 2. The Hall–Kier alpha value is -1.30. The summed E-state index contributed by atoms with van der Waals surface area (Å²) in [4.78, 5) is 0. The maximum absolute atomic E-state index is 2.24. The van der Waals surface area contributed by atoms with Crippen molar-refractivity contribution in [2.75, 3.05) is 0 Å². The summed E-state index contributed by atoms with van der Waals surface area (Å²) in [6, 6.07) is 13.2. The number of rotatable bonds is 1. The van der Waals surface area contributed by atoms with E-state index in [1.54, 1.807) is 0 Å². The highest BCUT2D eigenvalue weighted by Gasteiger charge is 1.97. The van der Waals surface area contributed by atoms with E-state index >= 15 is 0 Å². The number of hydrogen-bond acceptors (Lipinski definition) is 0. The van der Waals surface area contributed by atoms with E-state index in [0.717, 1.165) is 6.42 Å². The monoisotopic (exact) mass is 170 g/mol. The zero-order chi connectivity index (χ0) is 9.26. The van der Waals surface area contributed by atoms with Gasteiger partial charge in [0.25, 0.3) is 0 Å². The van der Waals surface area contributed by atoms with Crippen molar-refractivity contribution in [3.63, 3.8) is 0 Å². The molecule has 0 aliphatic heterocycles. The van der Waals surface area contributed by atoms with E-state index in [-0.39, 0.29) is 0 Å². The molecule has 0 radical (unpaired) electrons. The highest BCUT2D eigenvalue weighted by molar-refractivity contribution is 5.86. The van der Waals surface area contributed by atoms with Crippen molar-refractivity contribution in [2.45, 2.75) is 20.3 Å². The van der Waals surface area contributed by atoms with Gasteiger partial charge in [0.05, 0.1) is 0 Å². The van der Waals surface area contributed by atoms with Crippen LogP contribution in [0.2, 0.25) is 0 Å². The van der Waals surface area contributed by atoms with Crippen LogP contribution in [0.3, 0.4) is 0 Å². The minimum atomic E-state index is 1.11. The van der Waals surface area contributed by atoms with E-state index in [2.05, 4.69) is 50.2 Å². The molecule has 0 unspecified atom stereocenters. The predicted octanol–water partition coefficient (Wildman–Crippen LogP) is 3.71.